The Hall–Kier alpha value is -1.60. The van der Waals surface area contributed by atoms with E-state index in [1.807, 2.05) is 0 Å². The van der Waals surface area contributed by atoms with E-state index in [-0.39, 0.29) is 0 Å². The summed E-state index contributed by atoms with van der Waals surface area (Å²) in [5, 5.41) is 12.4. The van der Waals surface area contributed by atoms with Crippen molar-refractivity contribution in [2.45, 2.75) is 19.4 Å². The zero-order valence-corrected chi connectivity index (χ0v) is 9.48. The molecular formula is C12H16N4. The molecule has 0 bridgehead atoms. The third-order valence-corrected chi connectivity index (χ3v) is 2.90. The second kappa shape index (κ2) is 4.95. The van der Waals surface area contributed by atoms with Gasteiger partial charge in [-0.3, -0.25) is 4.98 Å². The molecule has 1 aromatic rings. The van der Waals surface area contributed by atoms with Gasteiger partial charge >= 0.3 is 0 Å². The minimum Gasteiger partial charge on any atom is -0.364 e. The maximum absolute atomic E-state index is 9.09. The highest BCUT2D eigenvalue weighted by molar-refractivity contribution is 5.58. The van der Waals surface area contributed by atoms with Crippen LogP contribution in [0.5, 0.6) is 0 Å². The predicted molar refractivity (Wildman–Crippen MR) is 63.2 cm³/mol. The molecular weight excluding hydrogens is 200 g/mol. The highest BCUT2D eigenvalue weighted by Crippen LogP contribution is 2.22. The van der Waals surface area contributed by atoms with Crippen molar-refractivity contribution in [3.05, 3.63) is 24.0 Å². The van der Waals surface area contributed by atoms with Gasteiger partial charge < -0.3 is 10.2 Å². The monoisotopic (exact) mass is 216 g/mol. The van der Waals surface area contributed by atoms with E-state index in [0.717, 1.165) is 37.3 Å². The zero-order chi connectivity index (χ0) is 11.4. The van der Waals surface area contributed by atoms with Gasteiger partial charge in [-0.05, 0) is 12.5 Å². The van der Waals surface area contributed by atoms with E-state index in [9.17, 15) is 0 Å². The van der Waals surface area contributed by atoms with Gasteiger partial charge in [0.15, 0.2) is 0 Å². The lowest BCUT2D eigenvalue weighted by molar-refractivity contribution is 0.412. The highest BCUT2D eigenvalue weighted by atomic mass is 15.2. The molecule has 1 saturated heterocycles. The summed E-state index contributed by atoms with van der Waals surface area (Å²) in [6, 6.07) is 4.53. The van der Waals surface area contributed by atoms with Gasteiger partial charge in [-0.25, -0.2) is 0 Å². The number of anilines is 1. The first-order valence-corrected chi connectivity index (χ1v) is 5.68. The van der Waals surface area contributed by atoms with Crippen molar-refractivity contribution >= 4 is 5.69 Å². The Balaban J connectivity index is 2.27. The SMILES string of the molecule is CCCN(c1cnccc1C#N)C1CNC1. The van der Waals surface area contributed by atoms with Gasteiger partial charge in [-0.15, -0.1) is 0 Å². The van der Waals surface area contributed by atoms with Crippen LogP contribution in [0.4, 0.5) is 5.69 Å². The number of hydrogen-bond acceptors (Lipinski definition) is 4. The van der Waals surface area contributed by atoms with Crippen LogP contribution in [-0.4, -0.2) is 30.7 Å². The third kappa shape index (κ3) is 2.00. The second-order valence-corrected chi connectivity index (χ2v) is 4.01. The van der Waals surface area contributed by atoms with Crippen LogP contribution in [0.3, 0.4) is 0 Å². The van der Waals surface area contributed by atoms with Crippen molar-refractivity contribution < 1.29 is 0 Å². The van der Waals surface area contributed by atoms with Crippen molar-refractivity contribution in [1.82, 2.24) is 10.3 Å². The lowest BCUT2D eigenvalue weighted by Crippen LogP contribution is -2.57. The molecule has 0 spiro atoms. The van der Waals surface area contributed by atoms with Gasteiger partial charge in [-0.1, -0.05) is 6.92 Å². The number of hydrogen-bond donors (Lipinski definition) is 1. The Morgan fingerprint density at radius 1 is 1.62 bits per heavy atom. The molecule has 4 nitrogen and oxygen atoms in total. The van der Waals surface area contributed by atoms with Gasteiger partial charge in [0.2, 0.25) is 0 Å². The van der Waals surface area contributed by atoms with Crippen LogP contribution in [0, 0.1) is 11.3 Å². The molecule has 0 aliphatic carbocycles. The van der Waals surface area contributed by atoms with Crippen LogP contribution >= 0.6 is 0 Å². The van der Waals surface area contributed by atoms with Crippen molar-refractivity contribution in [3.8, 4) is 6.07 Å². The molecule has 0 saturated carbocycles. The Morgan fingerprint density at radius 2 is 2.44 bits per heavy atom. The van der Waals surface area contributed by atoms with E-state index in [2.05, 4.69) is 28.2 Å². The van der Waals surface area contributed by atoms with Crippen molar-refractivity contribution in [1.29, 1.82) is 5.26 Å². The van der Waals surface area contributed by atoms with Gasteiger partial charge in [0.1, 0.15) is 6.07 Å². The Labute approximate surface area is 95.9 Å². The molecule has 2 heterocycles. The molecule has 1 aliphatic rings. The lowest BCUT2D eigenvalue weighted by Gasteiger charge is -2.39. The summed E-state index contributed by atoms with van der Waals surface area (Å²) in [7, 11) is 0. The van der Waals surface area contributed by atoms with Crippen molar-refractivity contribution in [2.75, 3.05) is 24.5 Å². The molecule has 1 aliphatic heterocycles. The topological polar surface area (TPSA) is 52.0 Å². The first-order chi connectivity index (χ1) is 7.86. The molecule has 0 amide bonds. The Morgan fingerprint density at radius 3 is 3.00 bits per heavy atom. The van der Waals surface area contributed by atoms with E-state index >= 15 is 0 Å². The van der Waals surface area contributed by atoms with Gasteiger partial charge in [0.05, 0.1) is 23.5 Å². The van der Waals surface area contributed by atoms with Gasteiger partial charge in [0, 0.05) is 25.8 Å². The first kappa shape index (κ1) is 10.9. The minimum atomic E-state index is 0.510. The zero-order valence-electron chi connectivity index (χ0n) is 9.48. The molecule has 16 heavy (non-hydrogen) atoms. The van der Waals surface area contributed by atoms with E-state index in [1.165, 1.54) is 0 Å². The van der Waals surface area contributed by atoms with Crippen LogP contribution in [0.25, 0.3) is 0 Å². The molecule has 0 radical (unpaired) electrons. The molecule has 4 heteroatoms. The summed E-state index contributed by atoms with van der Waals surface area (Å²) in [5.74, 6) is 0. The fourth-order valence-corrected chi connectivity index (χ4v) is 1.94. The number of pyridine rings is 1. The number of nitriles is 1. The summed E-state index contributed by atoms with van der Waals surface area (Å²) in [6.07, 6.45) is 4.55. The van der Waals surface area contributed by atoms with E-state index in [4.69, 9.17) is 5.26 Å². The second-order valence-electron chi connectivity index (χ2n) is 4.01. The molecule has 0 unspecified atom stereocenters. The normalized spacial score (nSPS) is 15.2. The fourth-order valence-electron chi connectivity index (χ4n) is 1.94. The Kier molecular flexibility index (Phi) is 3.37. The van der Waals surface area contributed by atoms with Crippen LogP contribution in [-0.2, 0) is 0 Å². The smallest absolute Gasteiger partial charge is 0.101 e. The first-order valence-electron chi connectivity index (χ1n) is 5.68. The summed E-state index contributed by atoms with van der Waals surface area (Å²) >= 11 is 0. The standard InChI is InChI=1S/C12H16N4/c1-2-5-16(11-7-15-8-11)12-9-14-4-3-10(12)6-13/h3-4,9,11,15H,2,5,7-8H2,1H3. The van der Waals surface area contributed by atoms with Gasteiger partial charge in [-0.2, -0.15) is 5.26 Å². The Bertz CT molecular complexity index is 392. The quantitative estimate of drug-likeness (QED) is 0.820. The molecule has 1 N–H and O–H groups in total. The molecule has 0 atom stereocenters. The number of aromatic nitrogens is 1. The van der Waals surface area contributed by atoms with Crippen molar-refractivity contribution in [2.24, 2.45) is 0 Å². The van der Waals surface area contributed by atoms with E-state index in [1.54, 1.807) is 18.5 Å². The lowest BCUT2D eigenvalue weighted by atomic mass is 10.1. The summed E-state index contributed by atoms with van der Waals surface area (Å²) in [5.41, 5.74) is 1.69. The summed E-state index contributed by atoms with van der Waals surface area (Å²) in [6.45, 7) is 5.13. The fraction of sp³-hybridized carbons (Fsp3) is 0.500. The molecule has 2 rings (SSSR count). The maximum Gasteiger partial charge on any atom is 0.101 e. The molecule has 0 aromatic carbocycles. The number of nitrogens with zero attached hydrogens (tertiary/aromatic N) is 3. The average molecular weight is 216 g/mol. The number of nitrogens with one attached hydrogen (secondary N) is 1. The summed E-state index contributed by atoms with van der Waals surface area (Å²) < 4.78 is 0. The third-order valence-electron chi connectivity index (χ3n) is 2.90. The van der Waals surface area contributed by atoms with Crippen LogP contribution in [0.15, 0.2) is 18.5 Å². The van der Waals surface area contributed by atoms with E-state index < -0.39 is 0 Å². The predicted octanol–water partition coefficient (Wildman–Crippen LogP) is 1.14. The minimum absolute atomic E-state index is 0.510. The molecule has 1 fully saturated rings. The number of rotatable bonds is 4. The maximum atomic E-state index is 9.09. The molecule has 84 valence electrons. The van der Waals surface area contributed by atoms with E-state index in [0.29, 0.717) is 6.04 Å². The average Bonchev–Trinajstić information content (AvgIpc) is 2.26. The molecule has 1 aromatic heterocycles. The van der Waals surface area contributed by atoms with Gasteiger partial charge in [0.25, 0.3) is 0 Å². The van der Waals surface area contributed by atoms with Crippen molar-refractivity contribution in [3.63, 3.8) is 0 Å². The van der Waals surface area contributed by atoms with Crippen LogP contribution < -0.4 is 10.2 Å². The largest absolute Gasteiger partial charge is 0.364 e. The van der Waals surface area contributed by atoms with Crippen LogP contribution in [0.2, 0.25) is 0 Å². The van der Waals surface area contributed by atoms with Crippen LogP contribution in [0.1, 0.15) is 18.9 Å². The summed E-state index contributed by atoms with van der Waals surface area (Å²) in [4.78, 5) is 6.42. The highest BCUT2D eigenvalue weighted by Gasteiger charge is 2.25.